The lowest BCUT2D eigenvalue weighted by molar-refractivity contribution is -0.138. The number of benzene rings is 1. The number of hydrogen-bond acceptors (Lipinski definition) is 2. The van der Waals surface area contributed by atoms with E-state index < -0.39 is 5.54 Å². The summed E-state index contributed by atoms with van der Waals surface area (Å²) in [5.74, 6) is 0.227. The standard InChI is InChI=1S/C16H20BrNO2/c1-11-4-6-13(17)10-12(11)5-7-15(20)18-9-8-14(19)16(18,2)3/h4,6,10H,5,7-9H2,1-3H3. The van der Waals surface area contributed by atoms with E-state index in [9.17, 15) is 9.59 Å². The molecule has 1 saturated heterocycles. The van der Waals surface area contributed by atoms with E-state index >= 15 is 0 Å². The van der Waals surface area contributed by atoms with Gasteiger partial charge in [0, 0.05) is 23.9 Å². The van der Waals surface area contributed by atoms with Crippen molar-refractivity contribution >= 4 is 27.6 Å². The quantitative estimate of drug-likeness (QED) is 0.848. The Morgan fingerprint density at radius 2 is 2.10 bits per heavy atom. The highest BCUT2D eigenvalue weighted by Crippen LogP contribution is 2.26. The van der Waals surface area contributed by atoms with Gasteiger partial charge in [0.25, 0.3) is 0 Å². The van der Waals surface area contributed by atoms with Gasteiger partial charge in [-0.1, -0.05) is 22.0 Å². The van der Waals surface area contributed by atoms with Crippen LogP contribution in [-0.2, 0) is 16.0 Å². The summed E-state index contributed by atoms with van der Waals surface area (Å²) in [4.78, 5) is 25.8. The first kappa shape index (κ1) is 15.2. The third-order valence-corrected chi connectivity index (χ3v) is 4.63. The van der Waals surface area contributed by atoms with E-state index in [0.29, 0.717) is 25.8 Å². The minimum Gasteiger partial charge on any atom is -0.330 e. The van der Waals surface area contributed by atoms with E-state index in [-0.39, 0.29) is 11.7 Å². The number of carbonyl (C=O) groups excluding carboxylic acids is 2. The lowest BCUT2D eigenvalue weighted by Gasteiger charge is -2.30. The van der Waals surface area contributed by atoms with Crippen molar-refractivity contribution in [3.05, 3.63) is 33.8 Å². The van der Waals surface area contributed by atoms with Crippen LogP contribution >= 0.6 is 15.9 Å². The van der Waals surface area contributed by atoms with Crippen molar-refractivity contribution in [3.8, 4) is 0 Å². The summed E-state index contributed by atoms with van der Waals surface area (Å²) in [6, 6.07) is 6.11. The first-order valence-electron chi connectivity index (χ1n) is 6.91. The van der Waals surface area contributed by atoms with Gasteiger partial charge in [0.15, 0.2) is 5.78 Å². The van der Waals surface area contributed by atoms with Crippen LogP contribution < -0.4 is 0 Å². The molecule has 0 bridgehead atoms. The van der Waals surface area contributed by atoms with Gasteiger partial charge >= 0.3 is 0 Å². The van der Waals surface area contributed by atoms with Crippen LogP contribution in [0, 0.1) is 6.92 Å². The molecule has 0 unspecified atom stereocenters. The molecule has 1 aromatic rings. The lowest BCUT2D eigenvalue weighted by Crippen LogP contribution is -2.46. The van der Waals surface area contributed by atoms with Crippen molar-refractivity contribution in [1.29, 1.82) is 0 Å². The molecule has 1 heterocycles. The molecule has 1 aliphatic heterocycles. The van der Waals surface area contributed by atoms with E-state index in [2.05, 4.69) is 28.9 Å². The van der Waals surface area contributed by atoms with Crippen LogP contribution in [0.25, 0.3) is 0 Å². The zero-order chi connectivity index (χ0) is 14.9. The summed E-state index contributed by atoms with van der Waals surface area (Å²) in [7, 11) is 0. The second-order valence-corrected chi connectivity index (χ2v) is 6.76. The van der Waals surface area contributed by atoms with E-state index in [1.165, 1.54) is 11.1 Å². The lowest BCUT2D eigenvalue weighted by atomic mass is 9.99. The van der Waals surface area contributed by atoms with Crippen molar-refractivity contribution in [2.45, 2.75) is 45.6 Å². The van der Waals surface area contributed by atoms with Crippen molar-refractivity contribution in [2.75, 3.05) is 6.54 Å². The Balaban J connectivity index is 2.03. The molecule has 1 amide bonds. The molecule has 0 spiro atoms. The fourth-order valence-electron chi connectivity index (χ4n) is 2.67. The minimum absolute atomic E-state index is 0.0697. The van der Waals surface area contributed by atoms with Gasteiger partial charge in [0.05, 0.1) is 5.54 Å². The van der Waals surface area contributed by atoms with Crippen LogP contribution in [0.15, 0.2) is 22.7 Å². The number of likely N-dealkylation sites (tertiary alicyclic amines) is 1. The molecule has 1 aromatic carbocycles. The first-order valence-corrected chi connectivity index (χ1v) is 7.70. The van der Waals surface area contributed by atoms with Gasteiger partial charge in [-0.3, -0.25) is 9.59 Å². The van der Waals surface area contributed by atoms with Crippen molar-refractivity contribution in [3.63, 3.8) is 0 Å². The topological polar surface area (TPSA) is 37.4 Å². The zero-order valence-electron chi connectivity index (χ0n) is 12.2. The Bertz CT molecular complexity index is 551. The first-order chi connectivity index (χ1) is 9.32. The SMILES string of the molecule is Cc1ccc(Br)cc1CCC(=O)N1CCC(=O)C1(C)C. The average Bonchev–Trinajstić information content (AvgIpc) is 2.65. The third-order valence-electron chi connectivity index (χ3n) is 4.14. The van der Waals surface area contributed by atoms with Crippen LogP contribution in [0.5, 0.6) is 0 Å². The van der Waals surface area contributed by atoms with Crippen LogP contribution in [0.4, 0.5) is 0 Å². The fraction of sp³-hybridized carbons (Fsp3) is 0.500. The summed E-state index contributed by atoms with van der Waals surface area (Å²) in [5.41, 5.74) is 1.73. The minimum atomic E-state index is -0.636. The van der Waals surface area contributed by atoms with E-state index in [1.54, 1.807) is 4.90 Å². The number of rotatable bonds is 3. The van der Waals surface area contributed by atoms with E-state index in [1.807, 2.05) is 26.0 Å². The van der Waals surface area contributed by atoms with Gasteiger partial charge in [-0.05, 0) is 50.5 Å². The molecular weight excluding hydrogens is 318 g/mol. The van der Waals surface area contributed by atoms with Crippen LogP contribution in [0.2, 0.25) is 0 Å². The Kier molecular flexibility index (Phi) is 4.33. The highest BCUT2D eigenvalue weighted by molar-refractivity contribution is 9.10. The maximum Gasteiger partial charge on any atom is 0.223 e. The zero-order valence-corrected chi connectivity index (χ0v) is 13.8. The number of carbonyl (C=O) groups is 2. The van der Waals surface area contributed by atoms with Gasteiger partial charge in [0.1, 0.15) is 0 Å². The number of hydrogen-bond donors (Lipinski definition) is 0. The van der Waals surface area contributed by atoms with Gasteiger partial charge in [-0.15, -0.1) is 0 Å². The second-order valence-electron chi connectivity index (χ2n) is 5.85. The largest absolute Gasteiger partial charge is 0.330 e. The molecule has 108 valence electrons. The van der Waals surface area contributed by atoms with Crippen molar-refractivity contribution < 1.29 is 9.59 Å². The number of nitrogens with zero attached hydrogens (tertiary/aromatic N) is 1. The maximum atomic E-state index is 12.3. The Labute approximate surface area is 128 Å². The molecule has 0 atom stereocenters. The number of halogens is 1. The van der Waals surface area contributed by atoms with Gasteiger partial charge in [-0.25, -0.2) is 0 Å². The molecular formula is C16H20BrNO2. The molecule has 4 heteroatoms. The number of Topliss-reactive ketones (excluding diaryl/α,β-unsaturated/α-hetero) is 1. The molecule has 0 N–H and O–H groups in total. The molecule has 0 saturated carbocycles. The highest BCUT2D eigenvalue weighted by Gasteiger charge is 2.42. The van der Waals surface area contributed by atoms with Gasteiger partial charge in [-0.2, -0.15) is 0 Å². The predicted octanol–water partition coefficient (Wildman–Crippen LogP) is 3.27. The smallest absolute Gasteiger partial charge is 0.223 e. The summed E-state index contributed by atoms with van der Waals surface area (Å²) in [6.07, 6.45) is 1.65. The Hall–Kier alpha value is -1.16. The summed E-state index contributed by atoms with van der Waals surface area (Å²) in [5, 5.41) is 0. The van der Waals surface area contributed by atoms with E-state index in [0.717, 1.165) is 4.47 Å². The molecule has 1 fully saturated rings. The molecule has 0 aliphatic carbocycles. The molecule has 1 aliphatic rings. The van der Waals surface area contributed by atoms with Gasteiger partial charge < -0.3 is 4.90 Å². The Morgan fingerprint density at radius 1 is 1.40 bits per heavy atom. The van der Waals surface area contributed by atoms with Crippen LogP contribution in [-0.4, -0.2) is 28.7 Å². The predicted molar refractivity (Wildman–Crippen MR) is 82.6 cm³/mol. The fourth-order valence-corrected chi connectivity index (χ4v) is 3.08. The third kappa shape index (κ3) is 2.95. The second kappa shape index (κ2) is 5.68. The van der Waals surface area contributed by atoms with Gasteiger partial charge in [0.2, 0.25) is 5.91 Å². The van der Waals surface area contributed by atoms with E-state index in [4.69, 9.17) is 0 Å². The summed E-state index contributed by atoms with van der Waals surface area (Å²) < 4.78 is 1.03. The number of ketones is 1. The molecule has 0 aromatic heterocycles. The van der Waals surface area contributed by atoms with Crippen LogP contribution in [0.1, 0.15) is 37.8 Å². The highest BCUT2D eigenvalue weighted by atomic mass is 79.9. The Morgan fingerprint density at radius 3 is 2.70 bits per heavy atom. The molecule has 2 rings (SSSR count). The molecule has 20 heavy (non-hydrogen) atoms. The molecule has 3 nitrogen and oxygen atoms in total. The van der Waals surface area contributed by atoms with Crippen molar-refractivity contribution in [2.24, 2.45) is 0 Å². The average molecular weight is 338 g/mol. The number of amides is 1. The summed E-state index contributed by atoms with van der Waals surface area (Å²) >= 11 is 3.46. The molecule has 0 radical (unpaired) electrons. The monoisotopic (exact) mass is 337 g/mol. The van der Waals surface area contributed by atoms with Crippen LogP contribution in [0.3, 0.4) is 0 Å². The normalized spacial score (nSPS) is 17.6. The van der Waals surface area contributed by atoms with Crippen molar-refractivity contribution in [1.82, 2.24) is 4.90 Å². The summed E-state index contributed by atoms with van der Waals surface area (Å²) in [6.45, 7) is 6.28. The maximum absolute atomic E-state index is 12.3. The number of aryl methyl sites for hydroxylation is 2.